The molecule has 0 aliphatic rings. The van der Waals surface area contributed by atoms with Gasteiger partial charge in [-0.1, -0.05) is 71.1 Å². The number of rotatable bonds is 15. The van der Waals surface area contributed by atoms with Crippen molar-refractivity contribution >= 4 is 5.97 Å². The van der Waals surface area contributed by atoms with Gasteiger partial charge in [-0.2, -0.15) is 0 Å². The Morgan fingerprint density at radius 2 is 1.30 bits per heavy atom. The van der Waals surface area contributed by atoms with Gasteiger partial charge in [-0.25, -0.2) is 0 Å². The van der Waals surface area contributed by atoms with Crippen molar-refractivity contribution < 1.29 is 19.5 Å². The minimum atomic E-state index is -0.859. The van der Waals surface area contributed by atoms with Crippen molar-refractivity contribution in [2.24, 2.45) is 5.92 Å². The van der Waals surface area contributed by atoms with Crippen LogP contribution >= 0.6 is 0 Å². The minimum absolute atomic E-state index is 0.481. The number of hydrogen-bond donors (Lipinski definition) is 2. The molecule has 2 unspecified atom stereocenters. The van der Waals surface area contributed by atoms with E-state index >= 15 is 0 Å². The number of carboxylic acid groups (broad SMARTS) is 1. The Morgan fingerprint density at radius 3 is 1.70 bits per heavy atom. The molecule has 0 radical (unpaired) electrons. The molecule has 2 atom stereocenters. The van der Waals surface area contributed by atoms with Crippen LogP contribution in [-0.4, -0.2) is 54.5 Å². The molecule has 0 bridgehead atoms. The molecule has 23 heavy (non-hydrogen) atoms. The first-order valence-electron chi connectivity index (χ1n) is 9.49. The summed E-state index contributed by atoms with van der Waals surface area (Å²) in [6.45, 7) is 2.72. The summed E-state index contributed by atoms with van der Waals surface area (Å²) in [5.74, 6) is -1.48. The van der Waals surface area contributed by atoms with Crippen LogP contribution in [0.3, 0.4) is 0 Å². The molecular formula is C19H40NO3+. The molecule has 2 N–H and O–H groups in total. The van der Waals surface area contributed by atoms with E-state index in [0.29, 0.717) is 17.4 Å². The van der Waals surface area contributed by atoms with E-state index in [4.69, 9.17) is 0 Å². The van der Waals surface area contributed by atoms with Crippen LogP contribution in [0.4, 0.5) is 0 Å². The van der Waals surface area contributed by atoms with Crippen LogP contribution in [0, 0.1) is 5.92 Å². The number of quaternary nitrogens is 1. The molecule has 0 aromatic rings. The minimum Gasteiger partial charge on any atom is -0.481 e. The lowest BCUT2D eigenvalue weighted by atomic mass is 9.94. The topological polar surface area (TPSA) is 57.5 Å². The molecular weight excluding hydrogens is 290 g/mol. The van der Waals surface area contributed by atoms with Crippen molar-refractivity contribution in [2.45, 2.75) is 83.7 Å². The molecule has 0 fully saturated rings. The Labute approximate surface area is 143 Å². The van der Waals surface area contributed by atoms with Gasteiger partial charge in [0.05, 0.1) is 27.1 Å². The quantitative estimate of drug-likeness (QED) is 0.351. The summed E-state index contributed by atoms with van der Waals surface area (Å²) in [6.07, 6.45) is 12.3. The lowest BCUT2D eigenvalue weighted by molar-refractivity contribution is -0.874. The van der Waals surface area contributed by atoms with Crippen molar-refractivity contribution in [3.05, 3.63) is 0 Å². The fourth-order valence-electron chi connectivity index (χ4n) is 3.02. The summed E-state index contributed by atoms with van der Waals surface area (Å²) in [5, 5.41) is 19.5. The Bertz CT molecular complexity index is 299. The second kappa shape index (κ2) is 12.8. The zero-order valence-electron chi connectivity index (χ0n) is 15.9. The van der Waals surface area contributed by atoms with E-state index in [9.17, 15) is 15.0 Å². The SMILES string of the molecule is CCCCCCCCCCCCC(C(=O)O)C(O)C[N+](C)(C)C. The third kappa shape index (κ3) is 13.5. The molecule has 0 aliphatic heterocycles. The highest BCUT2D eigenvalue weighted by Gasteiger charge is 2.30. The normalized spacial score (nSPS) is 14.7. The third-order valence-electron chi connectivity index (χ3n) is 4.39. The van der Waals surface area contributed by atoms with Crippen LogP contribution in [0.15, 0.2) is 0 Å². The maximum atomic E-state index is 11.4. The van der Waals surface area contributed by atoms with Crippen LogP contribution < -0.4 is 0 Å². The monoisotopic (exact) mass is 330 g/mol. The molecule has 0 spiro atoms. The van der Waals surface area contributed by atoms with E-state index in [2.05, 4.69) is 6.92 Å². The van der Waals surface area contributed by atoms with Crippen molar-refractivity contribution in [3.8, 4) is 0 Å². The fraction of sp³-hybridized carbons (Fsp3) is 0.947. The number of aliphatic hydroxyl groups excluding tert-OH is 1. The van der Waals surface area contributed by atoms with Crippen molar-refractivity contribution in [3.63, 3.8) is 0 Å². The molecule has 0 heterocycles. The predicted octanol–water partition coefficient (Wildman–Crippen LogP) is 4.07. The van der Waals surface area contributed by atoms with E-state index in [1.165, 1.54) is 51.4 Å². The molecule has 0 rings (SSSR count). The van der Waals surface area contributed by atoms with Gasteiger partial charge in [-0.3, -0.25) is 4.79 Å². The van der Waals surface area contributed by atoms with Gasteiger partial charge in [-0.05, 0) is 6.42 Å². The zero-order valence-corrected chi connectivity index (χ0v) is 15.9. The standard InChI is InChI=1S/C19H39NO3/c1-5-6-7-8-9-10-11-12-13-14-15-17(19(22)23)18(21)16-20(2,3)4/h17-18,21H,5-16H2,1-4H3/p+1. The number of aliphatic hydroxyl groups is 1. The van der Waals surface area contributed by atoms with Crippen LogP contribution in [-0.2, 0) is 4.79 Å². The number of nitrogens with zero attached hydrogens (tertiary/aromatic N) is 1. The molecule has 0 aliphatic carbocycles. The summed E-state index contributed by atoms with van der Waals surface area (Å²) < 4.78 is 0.586. The summed E-state index contributed by atoms with van der Waals surface area (Å²) in [4.78, 5) is 11.4. The number of unbranched alkanes of at least 4 members (excludes halogenated alkanes) is 9. The lowest BCUT2D eigenvalue weighted by Gasteiger charge is -2.29. The first kappa shape index (κ1) is 22.4. The molecule has 4 heteroatoms. The highest BCUT2D eigenvalue weighted by atomic mass is 16.4. The van der Waals surface area contributed by atoms with E-state index in [1.54, 1.807) is 0 Å². The van der Waals surface area contributed by atoms with Gasteiger partial charge in [0.1, 0.15) is 12.6 Å². The Balaban J connectivity index is 3.75. The van der Waals surface area contributed by atoms with Gasteiger partial charge in [0.25, 0.3) is 0 Å². The van der Waals surface area contributed by atoms with Gasteiger partial charge in [0.15, 0.2) is 0 Å². The van der Waals surface area contributed by atoms with E-state index < -0.39 is 18.0 Å². The average Bonchev–Trinajstić information content (AvgIpc) is 2.42. The smallest absolute Gasteiger partial charge is 0.309 e. The van der Waals surface area contributed by atoms with E-state index in [0.717, 1.165) is 12.8 Å². The Morgan fingerprint density at radius 1 is 0.870 bits per heavy atom. The van der Waals surface area contributed by atoms with Gasteiger partial charge in [0, 0.05) is 0 Å². The van der Waals surface area contributed by atoms with Gasteiger partial charge in [0.2, 0.25) is 0 Å². The number of likely N-dealkylation sites (N-methyl/N-ethyl adjacent to an activating group) is 1. The summed E-state index contributed by atoms with van der Waals surface area (Å²) in [6, 6.07) is 0. The largest absolute Gasteiger partial charge is 0.481 e. The van der Waals surface area contributed by atoms with Crippen LogP contribution in [0.5, 0.6) is 0 Å². The molecule has 0 saturated carbocycles. The van der Waals surface area contributed by atoms with Gasteiger partial charge >= 0.3 is 5.97 Å². The van der Waals surface area contributed by atoms with Crippen molar-refractivity contribution in [1.29, 1.82) is 0 Å². The Kier molecular flexibility index (Phi) is 12.4. The average molecular weight is 331 g/mol. The number of hydrogen-bond acceptors (Lipinski definition) is 2. The lowest BCUT2D eigenvalue weighted by Crippen LogP contribution is -2.45. The van der Waals surface area contributed by atoms with Crippen LogP contribution in [0.1, 0.15) is 77.6 Å². The fourth-order valence-corrected chi connectivity index (χ4v) is 3.02. The molecule has 0 aromatic carbocycles. The Hall–Kier alpha value is -0.610. The van der Waals surface area contributed by atoms with E-state index in [-0.39, 0.29) is 0 Å². The molecule has 138 valence electrons. The van der Waals surface area contributed by atoms with Crippen LogP contribution in [0.25, 0.3) is 0 Å². The first-order chi connectivity index (χ1) is 10.8. The summed E-state index contributed by atoms with van der Waals surface area (Å²) in [7, 11) is 5.92. The predicted molar refractivity (Wildman–Crippen MR) is 96.5 cm³/mol. The highest BCUT2D eigenvalue weighted by molar-refractivity contribution is 5.70. The molecule has 0 saturated heterocycles. The summed E-state index contributed by atoms with van der Waals surface area (Å²) >= 11 is 0. The maximum Gasteiger partial charge on any atom is 0.309 e. The number of carboxylic acids is 1. The summed E-state index contributed by atoms with van der Waals surface area (Å²) in [5.41, 5.74) is 0. The van der Waals surface area contributed by atoms with Gasteiger partial charge < -0.3 is 14.7 Å². The van der Waals surface area contributed by atoms with Crippen molar-refractivity contribution in [1.82, 2.24) is 0 Å². The van der Waals surface area contributed by atoms with Crippen molar-refractivity contribution in [2.75, 3.05) is 27.7 Å². The molecule has 0 aromatic heterocycles. The second-order valence-electron chi connectivity index (χ2n) is 7.96. The molecule has 0 amide bonds. The maximum absolute atomic E-state index is 11.4. The number of carbonyl (C=O) groups is 1. The van der Waals surface area contributed by atoms with Crippen LogP contribution in [0.2, 0.25) is 0 Å². The zero-order chi connectivity index (χ0) is 17.7. The first-order valence-corrected chi connectivity index (χ1v) is 9.49. The third-order valence-corrected chi connectivity index (χ3v) is 4.39. The molecule has 4 nitrogen and oxygen atoms in total. The number of aliphatic carboxylic acids is 1. The van der Waals surface area contributed by atoms with E-state index in [1.807, 2.05) is 21.1 Å². The van der Waals surface area contributed by atoms with Gasteiger partial charge in [-0.15, -0.1) is 0 Å². The highest BCUT2D eigenvalue weighted by Crippen LogP contribution is 2.18. The second-order valence-corrected chi connectivity index (χ2v) is 7.96.